The predicted octanol–water partition coefficient (Wildman–Crippen LogP) is 6.89. The van der Waals surface area contributed by atoms with E-state index in [4.69, 9.17) is 10.5 Å². The first-order valence-corrected chi connectivity index (χ1v) is 14.0. The van der Waals surface area contributed by atoms with Crippen LogP contribution >= 0.6 is 0 Å². The summed E-state index contributed by atoms with van der Waals surface area (Å²) in [5, 5.41) is 2.72. The molecule has 0 saturated carbocycles. The van der Waals surface area contributed by atoms with Crippen molar-refractivity contribution in [1.29, 1.82) is 0 Å². The third kappa shape index (κ3) is 11.5. The molecule has 37 heavy (non-hydrogen) atoms. The Morgan fingerprint density at radius 1 is 0.892 bits per heavy atom. The molecule has 204 valence electrons. The lowest BCUT2D eigenvalue weighted by Crippen LogP contribution is -2.42. The van der Waals surface area contributed by atoms with E-state index in [2.05, 4.69) is 12.2 Å². The molecule has 0 aliphatic carbocycles. The van der Waals surface area contributed by atoms with Gasteiger partial charge in [0.1, 0.15) is 12.4 Å². The number of rotatable bonds is 18. The van der Waals surface area contributed by atoms with Gasteiger partial charge in [-0.2, -0.15) is 0 Å². The van der Waals surface area contributed by atoms with Gasteiger partial charge in [0.2, 0.25) is 5.91 Å². The van der Waals surface area contributed by atoms with Gasteiger partial charge in [0, 0.05) is 5.56 Å². The number of hydrogen-bond donors (Lipinski definition) is 2. The summed E-state index contributed by atoms with van der Waals surface area (Å²) < 4.78 is 20.0. The number of ether oxygens (including phenoxy) is 1. The molecule has 2 atom stereocenters. The molecule has 2 aromatic rings. The molecule has 6 heteroatoms. The van der Waals surface area contributed by atoms with Crippen LogP contribution in [0.25, 0.3) is 11.1 Å². The molecule has 2 aromatic carbocycles. The Labute approximate surface area is 222 Å². The number of benzene rings is 2. The molecule has 0 fully saturated rings. The molecular weight excluding hydrogens is 467 g/mol. The van der Waals surface area contributed by atoms with Crippen molar-refractivity contribution >= 4 is 11.9 Å². The van der Waals surface area contributed by atoms with E-state index in [1.165, 1.54) is 57.4 Å². The maximum atomic E-state index is 14.7. The summed E-state index contributed by atoms with van der Waals surface area (Å²) in [4.78, 5) is 24.6. The number of nitrogens with two attached hydrogens (primary N) is 1. The first kappa shape index (κ1) is 30.5. The highest BCUT2D eigenvalue weighted by molar-refractivity contribution is 5.81. The second-order valence-corrected chi connectivity index (χ2v) is 9.86. The third-order valence-electron chi connectivity index (χ3n) is 6.78. The van der Waals surface area contributed by atoms with E-state index in [0.29, 0.717) is 6.42 Å². The van der Waals surface area contributed by atoms with E-state index in [9.17, 15) is 14.0 Å². The van der Waals surface area contributed by atoms with Gasteiger partial charge in [-0.3, -0.25) is 9.59 Å². The van der Waals surface area contributed by atoms with Crippen molar-refractivity contribution in [2.45, 2.75) is 96.4 Å². The molecule has 0 heterocycles. The van der Waals surface area contributed by atoms with E-state index < -0.39 is 23.7 Å². The first-order valence-electron chi connectivity index (χ1n) is 14.0. The highest BCUT2D eigenvalue weighted by Crippen LogP contribution is 2.26. The summed E-state index contributed by atoms with van der Waals surface area (Å²) in [5.74, 6) is -1.96. The van der Waals surface area contributed by atoms with Crippen LogP contribution in [0.4, 0.5) is 4.39 Å². The maximum absolute atomic E-state index is 14.7. The molecule has 0 aromatic heterocycles. The lowest BCUT2D eigenvalue weighted by Gasteiger charge is -2.15. The van der Waals surface area contributed by atoms with Crippen molar-refractivity contribution < 1.29 is 18.7 Å². The van der Waals surface area contributed by atoms with Crippen LogP contribution in [-0.4, -0.2) is 31.1 Å². The molecule has 1 amide bonds. The Bertz CT molecular complexity index is 935. The van der Waals surface area contributed by atoms with Gasteiger partial charge in [-0.25, -0.2) is 4.39 Å². The molecule has 0 bridgehead atoms. The Kier molecular flexibility index (Phi) is 14.6. The summed E-state index contributed by atoms with van der Waals surface area (Å²) in [6.07, 6.45) is 13.0. The van der Waals surface area contributed by atoms with Crippen molar-refractivity contribution in [2.75, 3.05) is 13.2 Å². The van der Waals surface area contributed by atoms with Gasteiger partial charge in [-0.1, -0.05) is 114 Å². The largest absolute Gasteiger partial charge is 0.463 e. The van der Waals surface area contributed by atoms with Crippen molar-refractivity contribution in [1.82, 2.24) is 5.32 Å². The van der Waals surface area contributed by atoms with Gasteiger partial charge < -0.3 is 15.8 Å². The van der Waals surface area contributed by atoms with Crippen molar-refractivity contribution in [3.63, 3.8) is 0 Å². The summed E-state index contributed by atoms with van der Waals surface area (Å²) in [6, 6.07) is 13.8. The average Bonchev–Trinajstić information content (AvgIpc) is 2.91. The zero-order valence-electron chi connectivity index (χ0n) is 22.6. The number of carbonyl (C=O) groups excluding carboxylic acids is 2. The van der Waals surface area contributed by atoms with Gasteiger partial charge >= 0.3 is 5.97 Å². The molecule has 0 radical (unpaired) electrons. The smallest absolute Gasteiger partial charge is 0.313 e. The predicted molar refractivity (Wildman–Crippen MR) is 149 cm³/mol. The molecule has 5 nitrogen and oxygen atoms in total. The molecular formula is C31H45FN2O3. The van der Waals surface area contributed by atoms with Crippen LogP contribution in [0, 0.1) is 5.82 Å². The van der Waals surface area contributed by atoms with E-state index in [0.717, 1.165) is 24.0 Å². The van der Waals surface area contributed by atoms with Crippen molar-refractivity contribution in [3.8, 4) is 11.1 Å². The minimum absolute atomic E-state index is 0.0175. The minimum atomic E-state index is -0.751. The van der Waals surface area contributed by atoms with Gasteiger partial charge in [0.05, 0.1) is 18.5 Å². The Balaban J connectivity index is 1.59. The van der Waals surface area contributed by atoms with Crippen LogP contribution in [0.15, 0.2) is 48.5 Å². The molecule has 2 rings (SSSR count). The maximum Gasteiger partial charge on any atom is 0.313 e. The fraction of sp³-hybridized carbons (Fsp3) is 0.548. The summed E-state index contributed by atoms with van der Waals surface area (Å²) in [7, 11) is 0. The molecule has 0 aliphatic rings. The van der Waals surface area contributed by atoms with Crippen LogP contribution in [0.3, 0.4) is 0 Å². The van der Waals surface area contributed by atoms with E-state index in [1.807, 2.05) is 30.3 Å². The molecule has 0 aliphatic heterocycles. The van der Waals surface area contributed by atoms with Crippen molar-refractivity contribution in [2.24, 2.45) is 5.73 Å². The van der Waals surface area contributed by atoms with Crippen LogP contribution in [0.5, 0.6) is 0 Å². The molecule has 2 unspecified atom stereocenters. The lowest BCUT2D eigenvalue weighted by molar-refractivity contribution is -0.145. The Morgan fingerprint density at radius 3 is 2.14 bits per heavy atom. The highest BCUT2D eigenvalue weighted by Gasteiger charge is 2.21. The van der Waals surface area contributed by atoms with Crippen LogP contribution in [-0.2, 0) is 14.3 Å². The number of hydrogen-bond acceptors (Lipinski definition) is 4. The summed E-state index contributed by atoms with van der Waals surface area (Å²) in [5.41, 5.74) is 7.94. The first-order chi connectivity index (χ1) is 17.9. The standard InChI is InChI=1S/C31H45FN2O3/c1-3-4-5-6-7-8-9-10-11-15-18-29(33)30(35)34-21-22-37-31(36)24(2)27-20-19-26(23-28(27)32)25-16-13-12-14-17-25/h12-14,16-17,19-20,23-24,29H,3-11,15,18,21-22,33H2,1-2H3,(H,34,35). The van der Waals surface area contributed by atoms with Gasteiger partial charge in [0.15, 0.2) is 0 Å². The van der Waals surface area contributed by atoms with Crippen molar-refractivity contribution in [3.05, 3.63) is 59.9 Å². The second-order valence-electron chi connectivity index (χ2n) is 9.86. The Morgan fingerprint density at radius 2 is 1.51 bits per heavy atom. The molecule has 0 saturated heterocycles. The van der Waals surface area contributed by atoms with Crippen LogP contribution < -0.4 is 11.1 Å². The zero-order valence-corrected chi connectivity index (χ0v) is 22.6. The average molecular weight is 513 g/mol. The highest BCUT2D eigenvalue weighted by atomic mass is 19.1. The van der Waals surface area contributed by atoms with Crippen LogP contribution in [0.1, 0.15) is 96.0 Å². The third-order valence-corrected chi connectivity index (χ3v) is 6.78. The van der Waals surface area contributed by atoms with Crippen LogP contribution in [0.2, 0.25) is 0 Å². The van der Waals surface area contributed by atoms with Gasteiger partial charge in [0.25, 0.3) is 0 Å². The number of halogens is 1. The SMILES string of the molecule is CCCCCCCCCCCCC(N)C(=O)NCCOC(=O)C(C)c1ccc(-c2ccccc2)cc1F. The molecule has 0 spiro atoms. The normalized spacial score (nSPS) is 12.6. The quantitative estimate of drug-likeness (QED) is 0.168. The number of esters is 1. The number of nitrogens with one attached hydrogen (secondary N) is 1. The van der Waals surface area contributed by atoms with Gasteiger partial charge in [-0.05, 0) is 30.5 Å². The number of amides is 1. The summed E-state index contributed by atoms with van der Waals surface area (Å²) >= 11 is 0. The monoisotopic (exact) mass is 512 g/mol. The fourth-order valence-corrected chi connectivity index (χ4v) is 4.38. The zero-order chi connectivity index (χ0) is 26.9. The van der Waals surface area contributed by atoms with E-state index in [-0.39, 0.29) is 24.6 Å². The summed E-state index contributed by atoms with van der Waals surface area (Å²) in [6.45, 7) is 4.05. The topological polar surface area (TPSA) is 81.4 Å². The second kappa shape index (κ2) is 17.7. The van der Waals surface area contributed by atoms with E-state index >= 15 is 0 Å². The van der Waals surface area contributed by atoms with E-state index in [1.54, 1.807) is 19.1 Å². The lowest BCUT2D eigenvalue weighted by atomic mass is 9.97. The number of carbonyl (C=O) groups is 2. The Hall–Kier alpha value is -2.73. The minimum Gasteiger partial charge on any atom is -0.463 e. The number of unbranched alkanes of at least 4 members (excludes halogenated alkanes) is 9. The van der Waals surface area contributed by atoms with Gasteiger partial charge in [-0.15, -0.1) is 0 Å². The molecule has 3 N–H and O–H groups in total. The fourth-order valence-electron chi connectivity index (χ4n) is 4.38.